The maximum Gasteiger partial charge on any atom is 0.226 e. The predicted octanol–water partition coefficient (Wildman–Crippen LogP) is 3.09. The van der Waals surface area contributed by atoms with E-state index in [0.29, 0.717) is 19.8 Å². The number of hydrogen-bond acceptors (Lipinski definition) is 6. The summed E-state index contributed by atoms with van der Waals surface area (Å²) in [4.78, 5) is 21.0. The number of methoxy groups -OCH3 is 1. The number of benzene rings is 1. The van der Waals surface area contributed by atoms with Gasteiger partial charge in [-0.15, -0.1) is 11.3 Å². The number of hydrogen-bond donors (Lipinski definition) is 1. The van der Waals surface area contributed by atoms with Crippen molar-refractivity contribution in [3.63, 3.8) is 0 Å². The van der Waals surface area contributed by atoms with Gasteiger partial charge in [-0.3, -0.25) is 9.78 Å². The fourth-order valence-electron chi connectivity index (χ4n) is 2.41. The van der Waals surface area contributed by atoms with Crippen LogP contribution >= 0.6 is 11.3 Å². The third-order valence-corrected chi connectivity index (χ3v) is 4.64. The third-order valence-electron chi connectivity index (χ3n) is 3.72. The number of aromatic nitrogens is 2. The van der Waals surface area contributed by atoms with E-state index in [2.05, 4.69) is 15.3 Å². The highest BCUT2D eigenvalue weighted by molar-refractivity contribution is 7.13. The molecule has 6 nitrogen and oxygen atoms in total. The lowest BCUT2D eigenvalue weighted by atomic mass is 10.2. The molecule has 0 aliphatic carbocycles. The summed E-state index contributed by atoms with van der Waals surface area (Å²) >= 11 is 1.49. The van der Waals surface area contributed by atoms with E-state index in [0.717, 1.165) is 27.7 Å². The molecule has 2 heterocycles. The average molecular weight is 383 g/mol. The second kappa shape index (κ2) is 9.80. The minimum atomic E-state index is -0.0708. The van der Waals surface area contributed by atoms with Crippen LogP contribution in [0.15, 0.2) is 54.0 Å². The number of nitrogens with one attached hydrogen (secondary N) is 1. The Morgan fingerprint density at radius 3 is 2.93 bits per heavy atom. The van der Waals surface area contributed by atoms with Gasteiger partial charge in [0.25, 0.3) is 0 Å². The molecule has 0 radical (unpaired) electrons. The van der Waals surface area contributed by atoms with Crippen molar-refractivity contribution in [3.8, 4) is 16.5 Å². The number of carbonyl (C=O) groups excluding carboxylic acids is 1. The van der Waals surface area contributed by atoms with Crippen molar-refractivity contribution >= 4 is 17.2 Å². The van der Waals surface area contributed by atoms with Crippen LogP contribution in [0.25, 0.3) is 10.7 Å². The molecule has 2 aromatic heterocycles. The Morgan fingerprint density at radius 2 is 2.11 bits per heavy atom. The number of pyridine rings is 1. The first-order valence-corrected chi connectivity index (χ1v) is 9.46. The summed E-state index contributed by atoms with van der Waals surface area (Å²) < 4.78 is 10.6. The number of nitrogens with zero attached hydrogens (tertiary/aromatic N) is 2. The maximum absolute atomic E-state index is 12.2. The average Bonchev–Trinajstić information content (AvgIpc) is 3.16. The molecular weight excluding hydrogens is 362 g/mol. The Bertz CT molecular complexity index is 868. The van der Waals surface area contributed by atoms with Crippen LogP contribution in [0, 0.1) is 0 Å². The zero-order chi connectivity index (χ0) is 18.9. The lowest BCUT2D eigenvalue weighted by molar-refractivity contribution is -0.120. The Kier molecular flexibility index (Phi) is 6.90. The molecule has 140 valence electrons. The molecule has 0 fully saturated rings. The molecule has 0 spiro atoms. The number of ether oxygens (including phenoxy) is 2. The Labute approximate surface area is 162 Å². The van der Waals surface area contributed by atoms with Crippen molar-refractivity contribution in [1.82, 2.24) is 15.3 Å². The minimum Gasteiger partial charge on any atom is -0.491 e. The quantitative estimate of drug-likeness (QED) is 0.575. The van der Waals surface area contributed by atoms with Crippen molar-refractivity contribution in [2.24, 2.45) is 0 Å². The number of rotatable bonds is 9. The van der Waals surface area contributed by atoms with Gasteiger partial charge in [-0.2, -0.15) is 0 Å². The molecule has 3 rings (SSSR count). The largest absolute Gasteiger partial charge is 0.491 e. The van der Waals surface area contributed by atoms with Crippen LogP contribution < -0.4 is 10.1 Å². The smallest absolute Gasteiger partial charge is 0.226 e. The third kappa shape index (κ3) is 5.87. The molecule has 0 bridgehead atoms. The number of amides is 1. The zero-order valence-electron chi connectivity index (χ0n) is 15.1. The molecular formula is C20H21N3O3S. The zero-order valence-corrected chi connectivity index (χ0v) is 15.9. The monoisotopic (exact) mass is 383 g/mol. The molecule has 0 aliphatic rings. The van der Waals surface area contributed by atoms with Crippen LogP contribution in [0.2, 0.25) is 0 Å². The van der Waals surface area contributed by atoms with Gasteiger partial charge in [0, 0.05) is 25.2 Å². The number of carbonyl (C=O) groups is 1. The summed E-state index contributed by atoms with van der Waals surface area (Å²) in [5.41, 5.74) is 2.54. The molecule has 0 saturated carbocycles. The molecule has 0 aliphatic heterocycles. The summed E-state index contributed by atoms with van der Waals surface area (Å²) in [6.07, 6.45) is 1.98. The van der Waals surface area contributed by atoms with Gasteiger partial charge in [0.1, 0.15) is 17.4 Å². The number of thiazole rings is 1. The summed E-state index contributed by atoms with van der Waals surface area (Å²) in [6, 6.07) is 13.3. The van der Waals surface area contributed by atoms with E-state index in [4.69, 9.17) is 9.47 Å². The molecule has 1 aromatic carbocycles. The molecule has 1 amide bonds. The van der Waals surface area contributed by atoms with Crippen LogP contribution in [-0.4, -0.2) is 36.2 Å². The van der Waals surface area contributed by atoms with Crippen molar-refractivity contribution in [3.05, 3.63) is 65.3 Å². The summed E-state index contributed by atoms with van der Waals surface area (Å²) in [6.45, 7) is 1.47. The van der Waals surface area contributed by atoms with E-state index in [1.807, 2.05) is 47.8 Å². The van der Waals surface area contributed by atoms with Crippen LogP contribution in [0.4, 0.5) is 0 Å². The molecule has 0 unspecified atom stereocenters. The van der Waals surface area contributed by atoms with Gasteiger partial charge in [0.2, 0.25) is 5.91 Å². The van der Waals surface area contributed by atoms with E-state index >= 15 is 0 Å². The van der Waals surface area contributed by atoms with Crippen LogP contribution in [0.1, 0.15) is 11.3 Å². The second-order valence-corrected chi connectivity index (χ2v) is 6.66. The predicted molar refractivity (Wildman–Crippen MR) is 105 cm³/mol. The Morgan fingerprint density at radius 1 is 1.19 bits per heavy atom. The van der Waals surface area contributed by atoms with E-state index < -0.39 is 0 Å². The van der Waals surface area contributed by atoms with Gasteiger partial charge in [0.15, 0.2) is 0 Å². The highest BCUT2D eigenvalue weighted by atomic mass is 32.1. The van der Waals surface area contributed by atoms with Crippen molar-refractivity contribution < 1.29 is 14.3 Å². The molecule has 3 aromatic rings. The molecule has 0 saturated heterocycles. The van der Waals surface area contributed by atoms with Crippen LogP contribution in [0.3, 0.4) is 0 Å². The highest BCUT2D eigenvalue weighted by Crippen LogP contribution is 2.21. The Balaban J connectivity index is 1.50. The van der Waals surface area contributed by atoms with Gasteiger partial charge >= 0.3 is 0 Å². The van der Waals surface area contributed by atoms with E-state index in [9.17, 15) is 4.79 Å². The normalized spacial score (nSPS) is 10.6. The summed E-state index contributed by atoms with van der Waals surface area (Å²) in [7, 11) is 1.64. The van der Waals surface area contributed by atoms with Gasteiger partial charge < -0.3 is 14.8 Å². The van der Waals surface area contributed by atoms with E-state index in [-0.39, 0.29) is 12.3 Å². The van der Waals surface area contributed by atoms with Gasteiger partial charge in [-0.1, -0.05) is 18.2 Å². The fourth-order valence-corrected chi connectivity index (χ4v) is 3.21. The fraction of sp³-hybridized carbons (Fsp3) is 0.250. The van der Waals surface area contributed by atoms with Crippen molar-refractivity contribution in [2.45, 2.75) is 13.0 Å². The summed E-state index contributed by atoms with van der Waals surface area (Å²) in [5.74, 6) is 0.692. The van der Waals surface area contributed by atoms with Gasteiger partial charge in [-0.25, -0.2) is 4.98 Å². The highest BCUT2D eigenvalue weighted by Gasteiger charge is 2.09. The molecule has 7 heteroatoms. The first kappa shape index (κ1) is 19.0. The van der Waals surface area contributed by atoms with Crippen molar-refractivity contribution in [2.75, 3.05) is 20.3 Å². The SMILES string of the molecule is COCCOc1cccc(CNC(=O)Cc2csc(-c3ccccn3)n2)c1. The molecule has 1 N–H and O–H groups in total. The lowest BCUT2D eigenvalue weighted by Gasteiger charge is -2.08. The maximum atomic E-state index is 12.2. The van der Waals surface area contributed by atoms with E-state index in [1.165, 1.54) is 11.3 Å². The lowest BCUT2D eigenvalue weighted by Crippen LogP contribution is -2.24. The Hall–Kier alpha value is -2.77. The van der Waals surface area contributed by atoms with Crippen LogP contribution in [0.5, 0.6) is 5.75 Å². The van der Waals surface area contributed by atoms with Crippen molar-refractivity contribution in [1.29, 1.82) is 0 Å². The van der Waals surface area contributed by atoms with E-state index in [1.54, 1.807) is 13.3 Å². The second-order valence-electron chi connectivity index (χ2n) is 5.80. The van der Waals surface area contributed by atoms with Crippen LogP contribution in [-0.2, 0) is 22.5 Å². The standard InChI is InChI=1S/C20H21N3O3S/c1-25-9-10-26-17-6-4-5-15(11-17)13-22-19(24)12-16-14-27-20(23-16)18-7-2-3-8-21-18/h2-8,11,14H,9-10,12-13H2,1H3,(H,22,24). The minimum absolute atomic E-state index is 0.0708. The van der Waals surface area contributed by atoms with Gasteiger partial charge in [0.05, 0.1) is 24.4 Å². The first-order valence-electron chi connectivity index (χ1n) is 8.58. The molecule has 27 heavy (non-hydrogen) atoms. The van der Waals surface area contributed by atoms with Gasteiger partial charge in [-0.05, 0) is 29.8 Å². The topological polar surface area (TPSA) is 73.3 Å². The summed E-state index contributed by atoms with van der Waals surface area (Å²) in [5, 5.41) is 5.64. The first-order chi connectivity index (χ1) is 13.2. The molecule has 0 atom stereocenters.